The summed E-state index contributed by atoms with van der Waals surface area (Å²) in [7, 11) is 0. The Labute approximate surface area is 64.5 Å². The molecule has 0 aromatic heterocycles. The first-order chi connectivity index (χ1) is 4.63. The van der Waals surface area contributed by atoms with Crippen LogP contribution in [0.3, 0.4) is 0 Å². The molecule has 3 heteroatoms. The van der Waals surface area contributed by atoms with Crippen molar-refractivity contribution in [2.75, 3.05) is 0 Å². The second-order valence-electron chi connectivity index (χ2n) is 2.08. The fourth-order valence-electron chi connectivity index (χ4n) is 0.675. The number of phenolic OH excluding ortho intramolecular Hbond substituents is 2. The zero-order valence-corrected chi connectivity index (χ0v) is 6.39. The lowest BCUT2D eigenvalue weighted by molar-refractivity contribution is 0.399. The minimum Gasteiger partial charge on any atom is -0.504 e. The van der Waals surface area contributed by atoms with Crippen LogP contribution in [-0.2, 0) is 0 Å². The molecule has 0 bridgehead atoms. The average Bonchev–Trinajstić information content (AvgIpc) is 1.93. The van der Waals surface area contributed by atoms with E-state index in [2.05, 4.69) is 12.6 Å². The number of benzene rings is 1. The van der Waals surface area contributed by atoms with E-state index in [4.69, 9.17) is 10.2 Å². The van der Waals surface area contributed by atoms with Gasteiger partial charge in [0.25, 0.3) is 0 Å². The Hall–Kier alpha value is -0.830. The molecule has 0 heterocycles. The summed E-state index contributed by atoms with van der Waals surface area (Å²) in [5, 5.41) is 18.0. The van der Waals surface area contributed by atoms with Crippen LogP contribution in [0.25, 0.3) is 0 Å². The van der Waals surface area contributed by atoms with E-state index in [0.717, 1.165) is 0 Å². The van der Waals surface area contributed by atoms with Crippen LogP contribution < -0.4 is 0 Å². The molecule has 0 radical (unpaired) electrons. The van der Waals surface area contributed by atoms with Gasteiger partial charge in [-0.2, -0.15) is 0 Å². The van der Waals surface area contributed by atoms with Crippen molar-refractivity contribution in [1.29, 1.82) is 0 Å². The van der Waals surface area contributed by atoms with E-state index in [1.54, 1.807) is 13.0 Å². The van der Waals surface area contributed by atoms with Crippen LogP contribution in [-0.4, -0.2) is 10.2 Å². The maximum Gasteiger partial charge on any atom is 0.161 e. The molecule has 1 aromatic carbocycles. The van der Waals surface area contributed by atoms with Gasteiger partial charge in [0.2, 0.25) is 0 Å². The van der Waals surface area contributed by atoms with Crippen LogP contribution in [0, 0.1) is 6.92 Å². The van der Waals surface area contributed by atoms with Gasteiger partial charge in [-0.15, -0.1) is 12.6 Å². The van der Waals surface area contributed by atoms with Crippen LogP contribution in [0.2, 0.25) is 0 Å². The Balaban J connectivity index is 3.34. The molecule has 1 rings (SSSR count). The van der Waals surface area contributed by atoms with Crippen molar-refractivity contribution in [2.24, 2.45) is 0 Å². The van der Waals surface area contributed by atoms with Gasteiger partial charge >= 0.3 is 0 Å². The molecule has 2 nitrogen and oxygen atoms in total. The van der Waals surface area contributed by atoms with Crippen LogP contribution in [0.15, 0.2) is 17.0 Å². The summed E-state index contributed by atoms with van der Waals surface area (Å²) in [5.74, 6) is -0.192. The summed E-state index contributed by atoms with van der Waals surface area (Å²) in [6.45, 7) is 1.69. The molecule has 0 aliphatic heterocycles. The van der Waals surface area contributed by atoms with Gasteiger partial charge in [-0.1, -0.05) is 0 Å². The van der Waals surface area contributed by atoms with Crippen molar-refractivity contribution in [1.82, 2.24) is 0 Å². The van der Waals surface area contributed by atoms with Gasteiger partial charge < -0.3 is 10.2 Å². The predicted octanol–water partition coefficient (Wildman–Crippen LogP) is 1.69. The molecule has 54 valence electrons. The van der Waals surface area contributed by atoms with Crippen molar-refractivity contribution in [2.45, 2.75) is 11.8 Å². The molecule has 0 fully saturated rings. The molecular weight excluding hydrogens is 148 g/mol. The van der Waals surface area contributed by atoms with E-state index in [9.17, 15) is 0 Å². The fraction of sp³-hybridized carbons (Fsp3) is 0.143. The van der Waals surface area contributed by atoms with Gasteiger partial charge in [-0.3, -0.25) is 0 Å². The van der Waals surface area contributed by atoms with Gasteiger partial charge in [-0.05, 0) is 19.1 Å². The van der Waals surface area contributed by atoms with Gasteiger partial charge in [0.15, 0.2) is 11.5 Å². The van der Waals surface area contributed by atoms with Crippen molar-refractivity contribution in [3.05, 3.63) is 17.7 Å². The van der Waals surface area contributed by atoms with Gasteiger partial charge in [0.05, 0.1) is 0 Å². The zero-order chi connectivity index (χ0) is 7.72. The van der Waals surface area contributed by atoms with Gasteiger partial charge in [-0.25, -0.2) is 0 Å². The topological polar surface area (TPSA) is 40.5 Å². The molecule has 0 atom stereocenters. The lowest BCUT2D eigenvalue weighted by Crippen LogP contribution is -1.77. The monoisotopic (exact) mass is 156 g/mol. The Morgan fingerprint density at radius 2 is 1.90 bits per heavy atom. The second kappa shape index (κ2) is 2.42. The van der Waals surface area contributed by atoms with Crippen LogP contribution >= 0.6 is 12.6 Å². The predicted molar refractivity (Wildman–Crippen MR) is 41.8 cm³/mol. The highest BCUT2D eigenvalue weighted by Crippen LogP contribution is 2.31. The van der Waals surface area contributed by atoms with Gasteiger partial charge in [0, 0.05) is 10.5 Å². The number of phenols is 2. The molecule has 0 saturated carbocycles. The normalized spacial score (nSPS) is 9.80. The average molecular weight is 156 g/mol. The number of hydrogen-bond donors (Lipinski definition) is 3. The fourth-order valence-corrected chi connectivity index (χ4v) is 0.856. The Morgan fingerprint density at radius 1 is 1.30 bits per heavy atom. The molecule has 0 spiro atoms. The molecule has 0 amide bonds. The lowest BCUT2D eigenvalue weighted by Gasteiger charge is -2.02. The highest BCUT2D eigenvalue weighted by atomic mass is 32.1. The minimum atomic E-state index is -0.102. The SMILES string of the molecule is Cc1c(S)ccc(O)c1O. The smallest absolute Gasteiger partial charge is 0.161 e. The Kier molecular flexibility index (Phi) is 1.76. The summed E-state index contributed by atoms with van der Waals surface area (Å²) in [6, 6.07) is 3.04. The van der Waals surface area contributed by atoms with Crippen molar-refractivity contribution in [3.8, 4) is 11.5 Å². The van der Waals surface area contributed by atoms with Crippen molar-refractivity contribution >= 4 is 12.6 Å². The highest BCUT2D eigenvalue weighted by molar-refractivity contribution is 7.80. The lowest BCUT2D eigenvalue weighted by atomic mass is 10.2. The summed E-state index contributed by atoms with van der Waals surface area (Å²) in [4.78, 5) is 0.676. The maximum atomic E-state index is 9.09. The standard InChI is InChI=1S/C7H8O2S/c1-4-6(10)3-2-5(8)7(4)9/h2-3,8-10H,1H3. The van der Waals surface area contributed by atoms with E-state index >= 15 is 0 Å². The number of aromatic hydroxyl groups is 2. The molecule has 0 saturated heterocycles. The third-order valence-electron chi connectivity index (χ3n) is 1.38. The molecule has 1 aromatic rings. The molecule has 0 aliphatic carbocycles. The first kappa shape index (κ1) is 7.28. The number of rotatable bonds is 0. The Bertz CT molecular complexity index is 231. The minimum absolute atomic E-state index is 0.0903. The summed E-state index contributed by atoms with van der Waals surface area (Å²) in [5.41, 5.74) is 0.600. The van der Waals surface area contributed by atoms with E-state index in [1.165, 1.54) is 6.07 Å². The molecule has 0 unspecified atom stereocenters. The van der Waals surface area contributed by atoms with Crippen LogP contribution in [0.4, 0.5) is 0 Å². The third kappa shape index (κ3) is 1.04. The first-order valence-electron chi connectivity index (χ1n) is 2.83. The van der Waals surface area contributed by atoms with Gasteiger partial charge in [0.1, 0.15) is 0 Å². The largest absolute Gasteiger partial charge is 0.504 e. The maximum absolute atomic E-state index is 9.09. The van der Waals surface area contributed by atoms with Crippen LogP contribution in [0.5, 0.6) is 11.5 Å². The summed E-state index contributed by atoms with van der Waals surface area (Å²) < 4.78 is 0. The molecule has 0 aliphatic rings. The summed E-state index contributed by atoms with van der Waals surface area (Å²) in [6.07, 6.45) is 0. The molecule has 10 heavy (non-hydrogen) atoms. The van der Waals surface area contributed by atoms with E-state index in [-0.39, 0.29) is 11.5 Å². The first-order valence-corrected chi connectivity index (χ1v) is 3.28. The Morgan fingerprint density at radius 3 is 2.40 bits per heavy atom. The van der Waals surface area contributed by atoms with E-state index in [0.29, 0.717) is 10.5 Å². The summed E-state index contributed by atoms with van der Waals surface area (Å²) >= 11 is 4.04. The molecular formula is C7H8O2S. The zero-order valence-electron chi connectivity index (χ0n) is 5.50. The number of thiol groups is 1. The van der Waals surface area contributed by atoms with Crippen molar-refractivity contribution < 1.29 is 10.2 Å². The molecule has 2 N–H and O–H groups in total. The quantitative estimate of drug-likeness (QED) is 0.395. The van der Waals surface area contributed by atoms with E-state index < -0.39 is 0 Å². The van der Waals surface area contributed by atoms with Crippen LogP contribution in [0.1, 0.15) is 5.56 Å². The number of hydrogen-bond acceptors (Lipinski definition) is 3. The third-order valence-corrected chi connectivity index (χ3v) is 1.87. The highest BCUT2D eigenvalue weighted by Gasteiger charge is 2.03. The van der Waals surface area contributed by atoms with Crippen molar-refractivity contribution in [3.63, 3.8) is 0 Å². The second-order valence-corrected chi connectivity index (χ2v) is 2.56. The van der Waals surface area contributed by atoms with E-state index in [1.807, 2.05) is 0 Å².